The number of piperidine rings is 1. The third kappa shape index (κ3) is 1.69. The third-order valence-corrected chi connectivity index (χ3v) is 3.88. The van der Waals surface area contributed by atoms with Crippen LogP contribution in [0.4, 0.5) is 0 Å². The van der Waals surface area contributed by atoms with Crippen LogP contribution in [0.5, 0.6) is 0 Å². The van der Waals surface area contributed by atoms with Gasteiger partial charge in [-0.25, -0.2) is 0 Å². The first-order valence-corrected chi connectivity index (χ1v) is 5.15. The SMILES string of the molecule is C[C@@H]1C(=O)CC2(CCNCC2)[C@H]1N.Cl. The highest BCUT2D eigenvalue weighted by Gasteiger charge is 2.49. The topological polar surface area (TPSA) is 55.1 Å². The van der Waals surface area contributed by atoms with E-state index in [4.69, 9.17) is 5.73 Å². The van der Waals surface area contributed by atoms with Gasteiger partial charge in [-0.2, -0.15) is 0 Å². The molecule has 2 fully saturated rings. The van der Waals surface area contributed by atoms with Crippen LogP contribution in [-0.2, 0) is 4.79 Å². The predicted molar refractivity (Wildman–Crippen MR) is 58.5 cm³/mol. The summed E-state index contributed by atoms with van der Waals surface area (Å²) in [4.78, 5) is 11.6. The molecule has 82 valence electrons. The second-order valence-electron chi connectivity index (χ2n) is 4.57. The Balaban J connectivity index is 0.000000980. The Labute approximate surface area is 91.2 Å². The molecule has 1 heterocycles. The summed E-state index contributed by atoms with van der Waals surface area (Å²) >= 11 is 0. The summed E-state index contributed by atoms with van der Waals surface area (Å²) in [7, 11) is 0. The van der Waals surface area contributed by atoms with E-state index in [1.807, 2.05) is 6.92 Å². The van der Waals surface area contributed by atoms with Crippen LogP contribution < -0.4 is 11.1 Å². The maximum Gasteiger partial charge on any atom is 0.137 e. The Bertz CT molecular complexity index is 226. The highest BCUT2D eigenvalue weighted by molar-refractivity contribution is 5.85. The van der Waals surface area contributed by atoms with Crippen LogP contribution in [-0.4, -0.2) is 24.9 Å². The molecule has 0 radical (unpaired) electrons. The summed E-state index contributed by atoms with van der Waals surface area (Å²) in [6.07, 6.45) is 2.87. The van der Waals surface area contributed by atoms with E-state index in [2.05, 4.69) is 5.32 Å². The molecule has 3 N–H and O–H groups in total. The molecule has 1 aliphatic heterocycles. The standard InChI is InChI=1S/C10H18N2O.ClH/c1-7-8(13)6-10(9(7)11)2-4-12-5-3-10;/h7,9,12H,2-6,11H2,1H3;1H/t7-,9+;/m1./s1. The van der Waals surface area contributed by atoms with E-state index < -0.39 is 0 Å². The van der Waals surface area contributed by atoms with Crippen molar-refractivity contribution in [3.63, 3.8) is 0 Å². The van der Waals surface area contributed by atoms with E-state index in [0.29, 0.717) is 5.78 Å². The molecule has 14 heavy (non-hydrogen) atoms. The fourth-order valence-electron chi connectivity index (χ4n) is 2.79. The van der Waals surface area contributed by atoms with Gasteiger partial charge in [0.05, 0.1) is 0 Å². The molecule has 0 aromatic rings. The molecule has 2 atom stereocenters. The Hall–Kier alpha value is -0.120. The largest absolute Gasteiger partial charge is 0.327 e. The van der Waals surface area contributed by atoms with E-state index in [-0.39, 0.29) is 29.8 Å². The van der Waals surface area contributed by atoms with Gasteiger partial charge in [0.1, 0.15) is 5.78 Å². The van der Waals surface area contributed by atoms with Crippen molar-refractivity contribution in [1.29, 1.82) is 0 Å². The minimum Gasteiger partial charge on any atom is -0.327 e. The fraction of sp³-hybridized carbons (Fsp3) is 0.900. The Morgan fingerprint density at radius 2 is 2.00 bits per heavy atom. The molecule has 2 aliphatic rings. The van der Waals surface area contributed by atoms with Crippen molar-refractivity contribution in [2.45, 2.75) is 32.2 Å². The molecule has 1 saturated heterocycles. The summed E-state index contributed by atoms with van der Waals surface area (Å²) in [5.41, 5.74) is 6.27. The van der Waals surface area contributed by atoms with Crippen LogP contribution in [0.3, 0.4) is 0 Å². The van der Waals surface area contributed by atoms with Gasteiger partial charge in [-0.15, -0.1) is 12.4 Å². The van der Waals surface area contributed by atoms with Crippen LogP contribution in [0.1, 0.15) is 26.2 Å². The Morgan fingerprint density at radius 1 is 1.43 bits per heavy atom. The normalized spacial score (nSPS) is 35.7. The summed E-state index contributed by atoms with van der Waals surface area (Å²) in [5.74, 6) is 0.451. The van der Waals surface area contributed by atoms with Crippen molar-refractivity contribution >= 4 is 18.2 Å². The zero-order valence-corrected chi connectivity index (χ0v) is 9.40. The molecule has 0 bridgehead atoms. The molecule has 0 aromatic carbocycles. The molecule has 2 rings (SSSR count). The number of ketones is 1. The maximum atomic E-state index is 11.6. The summed E-state index contributed by atoms with van der Waals surface area (Å²) in [5, 5.41) is 3.32. The average Bonchev–Trinajstić information content (AvgIpc) is 2.33. The van der Waals surface area contributed by atoms with E-state index in [0.717, 1.165) is 32.4 Å². The quantitative estimate of drug-likeness (QED) is 0.630. The van der Waals surface area contributed by atoms with Gasteiger partial charge in [0.15, 0.2) is 0 Å². The zero-order chi connectivity index (χ0) is 9.47. The van der Waals surface area contributed by atoms with Crippen molar-refractivity contribution in [2.75, 3.05) is 13.1 Å². The van der Waals surface area contributed by atoms with Crippen LogP contribution in [0.25, 0.3) is 0 Å². The minimum atomic E-state index is 0. The molecule has 1 spiro atoms. The van der Waals surface area contributed by atoms with Gasteiger partial charge < -0.3 is 11.1 Å². The van der Waals surface area contributed by atoms with Crippen LogP contribution in [0.2, 0.25) is 0 Å². The van der Waals surface area contributed by atoms with Crippen molar-refractivity contribution in [3.05, 3.63) is 0 Å². The van der Waals surface area contributed by atoms with Gasteiger partial charge in [0.2, 0.25) is 0 Å². The molecule has 3 nitrogen and oxygen atoms in total. The molecule has 0 aromatic heterocycles. The second kappa shape index (κ2) is 4.17. The van der Waals surface area contributed by atoms with E-state index in [1.54, 1.807) is 0 Å². The summed E-state index contributed by atoms with van der Waals surface area (Å²) < 4.78 is 0. The molecule has 0 unspecified atom stereocenters. The zero-order valence-electron chi connectivity index (χ0n) is 8.58. The number of hydrogen-bond acceptors (Lipinski definition) is 3. The molecular weight excluding hydrogens is 200 g/mol. The molecule has 4 heteroatoms. The van der Waals surface area contributed by atoms with E-state index in [1.165, 1.54) is 0 Å². The van der Waals surface area contributed by atoms with Crippen molar-refractivity contribution in [3.8, 4) is 0 Å². The van der Waals surface area contributed by atoms with Gasteiger partial charge in [-0.05, 0) is 31.3 Å². The maximum absolute atomic E-state index is 11.6. The lowest BCUT2D eigenvalue weighted by atomic mass is 9.74. The molecule has 1 aliphatic carbocycles. The minimum absolute atomic E-state index is 0. The lowest BCUT2D eigenvalue weighted by Crippen LogP contribution is -2.46. The van der Waals surface area contributed by atoms with Crippen LogP contribution in [0, 0.1) is 11.3 Å². The lowest BCUT2D eigenvalue weighted by molar-refractivity contribution is -0.120. The summed E-state index contributed by atoms with van der Waals surface area (Å²) in [6, 6.07) is 0.0992. The first-order chi connectivity index (χ1) is 6.16. The number of rotatable bonds is 0. The number of Topliss-reactive ketones (excluding diaryl/α,β-unsaturated/α-hetero) is 1. The van der Waals surface area contributed by atoms with Crippen molar-refractivity contribution in [1.82, 2.24) is 5.32 Å². The van der Waals surface area contributed by atoms with Crippen molar-refractivity contribution in [2.24, 2.45) is 17.1 Å². The summed E-state index contributed by atoms with van der Waals surface area (Å²) in [6.45, 7) is 4.02. The number of halogens is 1. The third-order valence-electron chi connectivity index (χ3n) is 3.88. The van der Waals surface area contributed by atoms with Gasteiger partial charge in [0, 0.05) is 18.4 Å². The second-order valence-corrected chi connectivity index (χ2v) is 4.57. The number of carbonyl (C=O) groups excluding carboxylic acids is 1. The smallest absolute Gasteiger partial charge is 0.137 e. The number of nitrogens with two attached hydrogens (primary N) is 1. The molecule has 1 saturated carbocycles. The lowest BCUT2D eigenvalue weighted by Gasteiger charge is -2.37. The molecule has 0 amide bonds. The van der Waals surface area contributed by atoms with Crippen LogP contribution >= 0.6 is 12.4 Å². The van der Waals surface area contributed by atoms with Gasteiger partial charge >= 0.3 is 0 Å². The number of carbonyl (C=O) groups is 1. The first kappa shape index (κ1) is 12.0. The predicted octanol–water partition coefficient (Wildman–Crippen LogP) is 0.714. The first-order valence-electron chi connectivity index (χ1n) is 5.15. The number of nitrogens with one attached hydrogen (secondary N) is 1. The van der Waals surface area contributed by atoms with Gasteiger partial charge in [-0.3, -0.25) is 4.79 Å². The van der Waals surface area contributed by atoms with Crippen LogP contribution in [0.15, 0.2) is 0 Å². The fourth-order valence-corrected chi connectivity index (χ4v) is 2.79. The van der Waals surface area contributed by atoms with Crippen molar-refractivity contribution < 1.29 is 4.79 Å². The van der Waals surface area contributed by atoms with E-state index >= 15 is 0 Å². The number of hydrogen-bond donors (Lipinski definition) is 2. The highest BCUT2D eigenvalue weighted by atomic mass is 35.5. The van der Waals surface area contributed by atoms with Gasteiger partial charge in [-0.1, -0.05) is 6.92 Å². The monoisotopic (exact) mass is 218 g/mol. The average molecular weight is 219 g/mol. The molecular formula is C10H19ClN2O. The van der Waals surface area contributed by atoms with Gasteiger partial charge in [0.25, 0.3) is 0 Å². The Kier molecular flexibility index (Phi) is 3.56. The highest BCUT2D eigenvalue weighted by Crippen LogP contribution is 2.44. The van der Waals surface area contributed by atoms with E-state index in [9.17, 15) is 4.79 Å². The Morgan fingerprint density at radius 3 is 2.43 bits per heavy atom.